The Hall–Kier alpha value is -3.87. The number of halogens is 5. The summed E-state index contributed by atoms with van der Waals surface area (Å²) in [7, 11) is -2.34. The van der Waals surface area contributed by atoms with Crippen molar-refractivity contribution in [1.82, 2.24) is 15.0 Å². The fourth-order valence-electron chi connectivity index (χ4n) is 3.76. The van der Waals surface area contributed by atoms with Gasteiger partial charge < -0.3 is 10.3 Å². The molecule has 0 saturated heterocycles. The first-order valence-electron chi connectivity index (χ1n) is 11.1. The fraction of sp³-hybridized carbons (Fsp3) is 0.208. The predicted molar refractivity (Wildman–Crippen MR) is 126 cm³/mol. The molecule has 13 heteroatoms. The normalized spacial score (nSPS) is 14.5. The third-order valence-corrected chi connectivity index (χ3v) is 6.95. The molecule has 1 unspecified atom stereocenters. The summed E-state index contributed by atoms with van der Waals surface area (Å²) in [5.41, 5.74) is -2.28. The molecule has 192 valence electrons. The van der Waals surface area contributed by atoms with E-state index in [1.165, 1.54) is 12.5 Å². The van der Waals surface area contributed by atoms with Crippen LogP contribution in [0.5, 0.6) is 0 Å². The predicted octanol–water partition coefficient (Wildman–Crippen LogP) is 5.44. The summed E-state index contributed by atoms with van der Waals surface area (Å²) >= 11 is 0. The van der Waals surface area contributed by atoms with Crippen molar-refractivity contribution in [2.45, 2.75) is 23.9 Å². The SMILES string of the molecule is O=C(c1c(F)ccc(NS(=O)c2cccc(C(F)(F)F)c2)c1F)c1c[nH]c2ncnc(NCC3CC3)c12. The van der Waals surface area contributed by atoms with Crippen molar-refractivity contribution in [3.05, 3.63) is 77.2 Å². The molecule has 1 aliphatic carbocycles. The number of hydrogen-bond donors (Lipinski definition) is 3. The van der Waals surface area contributed by atoms with Gasteiger partial charge >= 0.3 is 6.18 Å². The summed E-state index contributed by atoms with van der Waals surface area (Å²) in [6.07, 6.45) is 0.0215. The number of benzene rings is 2. The Morgan fingerprint density at radius 1 is 1.14 bits per heavy atom. The summed E-state index contributed by atoms with van der Waals surface area (Å²) in [5.74, 6) is -2.71. The molecule has 5 rings (SSSR count). The van der Waals surface area contributed by atoms with Gasteiger partial charge in [0, 0.05) is 12.7 Å². The van der Waals surface area contributed by atoms with Crippen LogP contribution in [0.4, 0.5) is 33.5 Å². The summed E-state index contributed by atoms with van der Waals surface area (Å²) in [4.78, 5) is 24.0. The van der Waals surface area contributed by atoms with E-state index in [1.54, 1.807) is 0 Å². The van der Waals surface area contributed by atoms with Crippen LogP contribution in [-0.4, -0.2) is 31.5 Å². The number of nitrogens with one attached hydrogen (secondary N) is 3. The Balaban J connectivity index is 1.47. The molecule has 4 aromatic rings. The number of anilines is 2. The van der Waals surface area contributed by atoms with Crippen molar-refractivity contribution in [1.29, 1.82) is 0 Å². The second-order valence-electron chi connectivity index (χ2n) is 8.48. The minimum atomic E-state index is -4.67. The van der Waals surface area contributed by atoms with Crippen molar-refractivity contribution in [2.75, 3.05) is 16.6 Å². The van der Waals surface area contributed by atoms with Gasteiger partial charge in [-0.05, 0) is 49.1 Å². The molecule has 0 amide bonds. The lowest BCUT2D eigenvalue weighted by Crippen LogP contribution is -2.13. The first kappa shape index (κ1) is 24.8. The molecular formula is C24H18F5N5O2S. The largest absolute Gasteiger partial charge is 0.416 e. The van der Waals surface area contributed by atoms with E-state index >= 15 is 4.39 Å². The van der Waals surface area contributed by atoms with Crippen LogP contribution in [0.2, 0.25) is 0 Å². The van der Waals surface area contributed by atoms with Gasteiger partial charge in [0.15, 0.2) is 5.82 Å². The average Bonchev–Trinajstić information content (AvgIpc) is 3.60. The van der Waals surface area contributed by atoms with E-state index in [2.05, 4.69) is 25.0 Å². The maximum Gasteiger partial charge on any atom is 0.416 e. The highest BCUT2D eigenvalue weighted by Crippen LogP contribution is 2.33. The molecule has 2 heterocycles. The zero-order valence-electron chi connectivity index (χ0n) is 18.8. The number of carbonyl (C=O) groups excluding carboxylic acids is 1. The fourth-order valence-corrected chi connectivity index (χ4v) is 4.67. The quantitative estimate of drug-likeness (QED) is 0.206. The van der Waals surface area contributed by atoms with Gasteiger partial charge in [0.05, 0.1) is 32.7 Å². The van der Waals surface area contributed by atoms with E-state index in [0.717, 1.165) is 43.2 Å². The molecule has 2 aromatic heterocycles. The number of ketones is 1. The highest BCUT2D eigenvalue weighted by atomic mass is 32.2. The molecule has 37 heavy (non-hydrogen) atoms. The molecule has 1 fully saturated rings. The number of fused-ring (bicyclic) bond motifs is 1. The number of carbonyl (C=O) groups is 1. The third-order valence-electron chi connectivity index (χ3n) is 5.87. The van der Waals surface area contributed by atoms with Crippen LogP contribution in [0.3, 0.4) is 0 Å². The van der Waals surface area contributed by atoms with E-state index in [0.29, 0.717) is 24.3 Å². The van der Waals surface area contributed by atoms with E-state index in [4.69, 9.17) is 0 Å². The molecule has 1 saturated carbocycles. The van der Waals surface area contributed by atoms with E-state index < -0.39 is 51.4 Å². The van der Waals surface area contributed by atoms with Crippen LogP contribution in [0, 0.1) is 17.6 Å². The van der Waals surface area contributed by atoms with Gasteiger partial charge in [0.2, 0.25) is 5.78 Å². The lowest BCUT2D eigenvalue weighted by atomic mass is 10.0. The highest BCUT2D eigenvalue weighted by Gasteiger charge is 2.31. The number of aromatic nitrogens is 3. The number of rotatable bonds is 8. The highest BCUT2D eigenvalue weighted by molar-refractivity contribution is 7.86. The molecule has 7 nitrogen and oxygen atoms in total. The maximum absolute atomic E-state index is 15.4. The van der Waals surface area contributed by atoms with Gasteiger partial charge in [-0.2, -0.15) is 13.2 Å². The second-order valence-corrected chi connectivity index (χ2v) is 9.69. The molecule has 2 aromatic carbocycles. The standard InChI is InChI=1S/C24H18F5N5O2S/c25-16-6-7-17(34-37(36)14-3-1-2-13(8-14)24(27,28)29)20(26)19(16)21(35)15-10-31-23-18(15)22(32-11-33-23)30-9-12-4-5-12/h1-3,6-8,10-12,34H,4-5,9H2,(H2,30,31,32,33). The van der Waals surface area contributed by atoms with Crippen molar-refractivity contribution in [3.8, 4) is 0 Å². The average molecular weight is 535 g/mol. The van der Waals surface area contributed by atoms with Crippen molar-refractivity contribution < 1.29 is 31.0 Å². The second kappa shape index (κ2) is 9.54. The molecule has 0 radical (unpaired) electrons. The maximum atomic E-state index is 15.4. The van der Waals surface area contributed by atoms with E-state index in [-0.39, 0.29) is 21.5 Å². The summed E-state index contributed by atoms with van der Waals surface area (Å²) in [5, 5.41) is 3.40. The van der Waals surface area contributed by atoms with Gasteiger partial charge in [0.1, 0.15) is 34.6 Å². The van der Waals surface area contributed by atoms with E-state index in [1.807, 2.05) is 0 Å². The van der Waals surface area contributed by atoms with Crippen LogP contribution in [0.15, 0.2) is 53.8 Å². The molecular weight excluding hydrogens is 517 g/mol. The Bertz CT molecular complexity index is 1530. The molecule has 1 aliphatic rings. The van der Waals surface area contributed by atoms with Crippen LogP contribution in [0.1, 0.15) is 34.3 Å². The zero-order chi connectivity index (χ0) is 26.3. The number of alkyl halides is 3. The first-order chi connectivity index (χ1) is 17.6. The van der Waals surface area contributed by atoms with Gasteiger partial charge in [-0.3, -0.25) is 9.52 Å². The number of aromatic amines is 1. The van der Waals surface area contributed by atoms with Crippen LogP contribution in [-0.2, 0) is 17.2 Å². The first-order valence-corrected chi connectivity index (χ1v) is 12.2. The Morgan fingerprint density at radius 3 is 2.65 bits per heavy atom. The monoisotopic (exact) mass is 535 g/mol. The Kier molecular flexibility index (Phi) is 6.40. The van der Waals surface area contributed by atoms with Crippen LogP contribution < -0.4 is 10.0 Å². The topological polar surface area (TPSA) is 99.8 Å². The number of hydrogen-bond acceptors (Lipinski definition) is 5. The molecule has 0 aliphatic heterocycles. The van der Waals surface area contributed by atoms with Gasteiger partial charge in [-0.15, -0.1) is 0 Å². The third kappa shape index (κ3) is 5.03. The lowest BCUT2D eigenvalue weighted by molar-refractivity contribution is -0.137. The van der Waals surface area contributed by atoms with E-state index in [9.17, 15) is 26.6 Å². The smallest absolute Gasteiger partial charge is 0.369 e. The minimum Gasteiger partial charge on any atom is -0.369 e. The molecule has 0 spiro atoms. The van der Waals surface area contributed by atoms with Crippen molar-refractivity contribution >= 4 is 39.3 Å². The summed E-state index contributed by atoms with van der Waals surface area (Å²) < 4.78 is 84.0. The van der Waals surface area contributed by atoms with Crippen molar-refractivity contribution in [3.63, 3.8) is 0 Å². The van der Waals surface area contributed by atoms with Gasteiger partial charge in [-0.25, -0.2) is 23.0 Å². The summed E-state index contributed by atoms with van der Waals surface area (Å²) in [6, 6.07) is 5.39. The molecule has 1 atom stereocenters. The van der Waals surface area contributed by atoms with Crippen LogP contribution in [0.25, 0.3) is 11.0 Å². The lowest BCUT2D eigenvalue weighted by Gasteiger charge is -2.12. The minimum absolute atomic E-state index is 0.0807. The van der Waals surface area contributed by atoms with Crippen LogP contribution >= 0.6 is 0 Å². The Morgan fingerprint density at radius 2 is 1.92 bits per heavy atom. The van der Waals surface area contributed by atoms with Gasteiger partial charge in [0.25, 0.3) is 0 Å². The number of H-pyrrole nitrogens is 1. The van der Waals surface area contributed by atoms with Gasteiger partial charge in [-0.1, -0.05) is 6.07 Å². The molecule has 0 bridgehead atoms. The van der Waals surface area contributed by atoms with Crippen molar-refractivity contribution in [2.24, 2.45) is 5.92 Å². The Labute approximate surface area is 209 Å². The number of nitrogens with zero attached hydrogens (tertiary/aromatic N) is 2. The molecule has 3 N–H and O–H groups in total. The summed E-state index contributed by atoms with van der Waals surface area (Å²) in [6.45, 7) is 0.619. The zero-order valence-corrected chi connectivity index (χ0v) is 19.6.